The first-order valence-electron chi connectivity index (χ1n) is 9.99. The van der Waals surface area contributed by atoms with Gasteiger partial charge in [-0.25, -0.2) is 9.67 Å². The van der Waals surface area contributed by atoms with Gasteiger partial charge in [0.2, 0.25) is 0 Å². The molecule has 2 heterocycles. The second-order valence-corrected chi connectivity index (χ2v) is 8.95. The molecule has 0 saturated heterocycles. The standard InChI is InChI=1S/C23H24N4O2S/c1-14(2)13-27-22(28)17-10-6-5-9-16(17)20(25-27)23(29)26(4)15(3)21-24-18-11-7-8-12-19(18)30-21/h5-12,14-15H,13H2,1-4H3/t15-/m1/s1. The van der Waals surface area contributed by atoms with E-state index in [1.54, 1.807) is 35.4 Å². The molecule has 0 radical (unpaired) electrons. The largest absolute Gasteiger partial charge is 0.331 e. The van der Waals surface area contributed by atoms with E-state index >= 15 is 0 Å². The molecule has 154 valence electrons. The fraction of sp³-hybridized carbons (Fsp3) is 0.304. The Labute approximate surface area is 178 Å². The third-order valence-electron chi connectivity index (χ3n) is 5.18. The van der Waals surface area contributed by atoms with Crippen LogP contribution >= 0.6 is 11.3 Å². The Morgan fingerprint density at radius 2 is 1.73 bits per heavy atom. The molecule has 0 unspecified atom stereocenters. The highest BCUT2D eigenvalue weighted by Gasteiger charge is 2.25. The van der Waals surface area contributed by atoms with Gasteiger partial charge in [0.15, 0.2) is 5.69 Å². The zero-order chi connectivity index (χ0) is 21.4. The SMILES string of the molecule is CC(C)Cn1nc(C(=O)N(C)[C@H](C)c2nc3ccccc3s2)c2ccccc2c1=O. The number of rotatable bonds is 5. The van der Waals surface area contributed by atoms with Crippen molar-refractivity contribution >= 4 is 38.2 Å². The number of thiazole rings is 1. The topological polar surface area (TPSA) is 68.1 Å². The van der Waals surface area contributed by atoms with Crippen molar-refractivity contribution in [1.82, 2.24) is 19.7 Å². The number of hydrogen-bond donors (Lipinski definition) is 0. The van der Waals surface area contributed by atoms with Crippen molar-refractivity contribution in [2.45, 2.75) is 33.4 Å². The summed E-state index contributed by atoms with van der Waals surface area (Å²) >= 11 is 1.58. The van der Waals surface area contributed by atoms with Gasteiger partial charge < -0.3 is 4.90 Å². The molecule has 0 aliphatic heterocycles. The number of nitrogens with zero attached hydrogens (tertiary/aromatic N) is 4. The summed E-state index contributed by atoms with van der Waals surface area (Å²) in [4.78, 5) is 32.6. The highest BCUT2D eigenvalue weighted by atomic mass is 32.1. The Morgan fingerprint density at radius 3 is 2.43 bits per heavy atom. The Bertz CT molecular complexity index is 1260. The number of benzene rings is 2. The molecule has 0 fully saturated rings. The Morgan fingerprint density at radius 1 is 1.07 bits per heavy atom. The second-order valence-electron chi connectivity index (χ2n) is 7.89. The molecule has 0 spiro atoms. The summed E-state index contributed by atoms with van der Waals surface area (Å²) in [6, 6.07) is 14.9. The maximum absolute atomic E-state index is 13.5. The second kappa shape index (κ2) is 7.99. The number of fused-ring (bicyclic) bond motifs is 2. The van der Waals surface area contributed by atoms with E-state index in [0.29, 0.717) is 23.0 Å². The van der Waals surface area contributed by atoms with Crippen LogP contribution in [0.5, 0.6) is 0 Å². The molecule has 0 bridgehead atoms. The summed E-state index contributed by atoms with van der Waals surface area (Å²) in [5.74, 6) is 0.00850. The van der Waals surface area contributed by atoms with Crippen LogP contribution in [0.3, 0.4) is 0 Å². The fourth-order valence-corrected chi connectivity index (χ4v) is 4.50. The van der Waals surface area contributed by atoms with Crippen LogP contribution in [0.4, 0.5) is 0 Å². The first-order chi connectivity index (χ1) is 14.4. The Balaban J connectivity index is 1.76. The maximum atomic E-state index is 13.5. The van der Waals surface area contributed by atoms with Gasteiger partial charge >= 0.3 is 0 Å². The van der Waals surface area contributed by atoms with Crippen molar-refractivity contribution in [2.24, 2.45) is 5.92 Å². The minimum atomic E-state index is -0.226. The molecule has 1 amide bonds. The molecule has 30 heavy (non-hydrogen) atoms. The lowest BCUT2D eigenvalue weighted by atomic mass is 10.1. The van der Waals surface area contributed by atoms with Crippen molar-refractivity contribution in [3.05, 3.63) is 69.6 Å². The van der Waals surface area contributed by atoms with Crippen LogP contribution in [0.2, 0.25) is 0 Å². The van der Waals surface area contributed by atoms with E-state index in [9.17, 15) is 9.59 Å². The molecule has 2 aromatic heterocycles. The van der Waals surface area contributed by atoms with Gasteiger partial charge in [0, 0.05) is 19.0 Å². The Hall–Kier alpha value is -3.06. The Kier molecular flexibility index (Phi) is 5.39. The quantitative estimate of drug-likeness (QED) is 0.477. The number of aromatic nitrogens is 3. The van der Waals surface area contributed by atoms with E-state index in [2.05, 4.69) is 5.10 Å². The van der Waals surface area contributed by atoms with E-state index in [-0.39, 0.29) is 23.4 Å². The van der Waals surface area contributed by atoms with E-state index in [0.717, 1.165) is 15.2 Å². The molecule has 0 N–H and O–H groups in total. The number of amides is 1. The molecule has 4 rings (SSSR count). The monoisotopic (exact) mass is 420 g/mol. The first-order valence-corrected chi connectivity index (χ1v) is 10.8. The molecule has 0 aliphatic rings. The van der Waals surface area contributed by atoms with E-state index < -0.39 is 0 Å². The zero-order valence-corrected chi connectivity index (χ0v) is 18.3. The number of carbonyl (C=O) groups excluding carboxylic acids is 1. The van der Waals surface area contributed by atoms with Crippen LogP contribution in [0.25, 0.3) is 21.0 Å². The zero-order valence-electron chi connectivity index (χ0n) is 17.5. The van der Waals surface area contributed by atoms with E-state index in [4.69, 9.17) is 4.98 Å². The van der Waals surface area contributed by atoms with E-state index in [1.807, 2.05) is 57.2 Å². The lowest BCUT2D eigenvalue weighted by molar-refractivity contribution is 0.0735. The molecule has 0 saturated carbocycles. The van der Waals surface area contributed by atoms with Gasteiger partial charge in [-0.3, -0.25) is 9.59 Å². The normalized spacial score (nSPS) is 12.6. The minimum absolute atomic E-state index is 0.169. The van der Waals surface area contributed by atoms with Gasteiger partial charge in [0.25, 0.3) is 11.5 Å². The predicted octanol–water partition coefficient (Wildman–Crippen LogP) is 4.50. The van der Waals surface area contributed by atoms with Crippen LogP contribution in [-0.2, 0) is 6.54 Å². The van der Waals surface area contributed by atoms with Crippen LogP contribution in [0, 0.1) is 5.92 Å². The highest BCUT2D eigenvalue weighted by molar-refractivity contribution is 7.18. The van der Waals surface area contributed by atoms with Gasteiger partial charge in [-0.05, 0) is 31.0 Å². The number of hydrogen-bond acceptors (Lipinski definition) is 5. The lowest BCUT2D eigenvalue weighted by Gasteiger charge is -2.24. The number of para-hydroxylation sites is 1. The smallest absolute Gasteiger partial charge is 0.275 e. The predicted molar refractivity (Wildman–Crippen MR) is 121 cm³/mol. The van der Waals surface area contributed by atoms with Gasteiger partial charge in [0.1, 0.15) is 5.01 Å². The molecule has 0 aliphatic carbocycles. The summed E-state index contributed by atoms with van der Waals surface area (Å²) in [6.07, 6.45) is 0. The van der Waals surface area contributed by atoms with Crippen LogP contribution in [-0.4, -0.2) is 32.6 Å². The first kappa shape index (κ1) is 20.2. The summed E-state index contributed by atoms with van der Waals surface area (Å²) in [7, 11) is 1.76. The highest BCUT2D eigenvalue weighted by Crippen LogP contribution is 2.30. The lowest BCUT2D eigenvalue weighted by Crippen LogP contribution is -2.34. The third-order valence-corrected chi connectivity index (χ3v) is 6.38. The average molecular weight is 421 g/mol. The van der Waals surface area contributed by atoms with E-state index in [1.165, 1.54) is 4.68 Å². The van der Waals surface area contributed by atoms with Gasteiger partial charge in [-0.1, -0.05) is 44.2 Å². The summed E-state index contributed by atoms with van der Waals surface area (Å²) in [5.41, 5.74) is 1.05. The van der Waals surface area contributed by atoms with Crippen molar-refractivity contribution in [1.29, 1.82) is 0 Å². The molecule has 6 nitrogen and oxygen atoms in total. The molecule has 1 atom stereocenters. The average Bonchev–Trinajstić information content (AvgIpc) is 3.18. The molecular formula is C23H24N4O2S. The summed E-state index contributed by atoms with van der Waals surface area (Å²) in [5, 5.41) is 6.43. The van der Waals surface area contributed by atoms with Crippen molar-refractivity contribution in [2.75, 3.05) is 7.05 Å². The van der Waals surface area contributed by atoms with Crippen LogP contribution in [0.15, 0.2) is 53.3 Å². The van der Waals surface area contributed by atoms with Crippen LogP contribution in [0.1, 0.15) is 42.3 Å². The molecular weight excluding hydrogens is 396 g/mol. The maximum Gasteiger partial charge on any atom is 0.275 e. The van der Waals surface area contributed by atoms with Gasteiger partial charge in [-0.15, -0.1) is 11.3 Å². The van der Waals surface area contributed by atoms with Crippen molar-refractivity contribution in [3.8, 4) is 0 Å². The molecule has 4 aromatic rings. The van der Waals surface area contributed by atoms with Gasteiger partial charge in [0.05, 0.1) is 21.6 Å². The van der Waals surface area contributed by atoms with Crippen LogP contribution < -0.4 is 5.56 Å². The number of carbonyl (C=O) groups is 1. The van der Waals surface area contributed by atoms with Crippen molar-refractivity contribution < 1.29 is 4.79 Å². The fourth-order valence-electron chi connectivity index (χ4n) is 3.44. The molecule has 7 heteroatoms. The molecule has 2 aromatic carbocycles. The third kappa shape index (κ3) is 3.61. The summed E-state index contributed by atoms with van der Waals surface area (Å²) in [6.45, 7) is 6.46. The van der Waals surface area contributed by atoms with Gasteiger partial charge in [-0.2, -0.15) is 5.10 Å². The van der Waals surface area contributed by atoms with Crippen molar-refractivity contribution in [3.63, 3.8) is 0 Å². The minimum Gasteiger partial charge on any atom is -0.331 e. The summed E-state index contributed by atoms with van der Waals surface area (Å²) < 4.78 is 2.51.